The second-order valence-corrected chi connectivity index (χ2v) is 9.90. The maximum absolute atomic E-state index is 13.1. The van der Waals surface area contributed by atoms with Gasteiger partial charge in [-0.05, 0) is 47.9 Å². The van der Waals surface area contributed by atoms with E-state index in [9.17, 15) is 19.5 Å². The molecule has 0 atom stereocenters. The van der Waals surface area contributed by atoms with Crippen molar-refractivity contribution in [3.8, 4) is 11.1 Å². The first-order chi connectivity index (χ1) is 16.4. The van der Waals surface area contributed by atoms with Crippen molar-refractivity contribution in [3.63, 3.8) is 0 Å². The Balaban J connectivity index is 1.23. The van der Waals surface area contributed by atoms with Gasteiger partial charge in [0.15, 0.2) is 0 Å². The van der Waals surface area contributed by atoms with E-state index in [-0.39, 0.29) is 24.9 Å². The van der Waals surface area contributed by atoms with Gasteiger partial charge < -0.3 is 20.5 Å². The molecule has 0 radical (unpaired) electrons. The van der Waals surface area contributed by atoms with Crippen LogP contribution in [0.1, 0.15) is 68.4 Å². The SMILES string of the molecule is O=C(O)CC1(NC(=O)C2(NC(=O)OCC3c4ccccc4-c4ccccc43)CC2)CCCCC1. The molecule has 2 aromatic rings. The Kier molecular flexibility index (Phi) is 5.80. The van der Waals surface area contributed by atoms with Crippen molar-refractivity contribution in [3.05, 3.63) is 59.7 Å². The average Bonchev–Trinajstić information content (AvgIpc) is 3.53. The van der Waals surface area contributed by atoms with Crippen LogP contribution in [0.25, 0.3) is 11.1 Å². The van der Waals surface area contributed by atoms with Gasteiger partial charge in [-0.2, -0.15) is 0 Å². The van der Waals surface area contributed by atoms with Crippen LogP contribution in [0, 0.1) is 0 Å². The Hall–Kier alpha value is -3.35. The highest BCUT2D eigenvalue weighted by atomic mass is 16.5. The lowest BCUT2D eigenvalue weighted by molar-refractivity contribution is -0.140. The van der Waals surface area contributed by atoms with Gasteiger partial charge in [-0.25, -0.2) is 4.79 Å². The third-order valence-electron chi connectivity index (χ3n) is 7.55. The van der Waals surface area contributed by atoms with E-state index >= 15 is 0 Å². The van der Waals surface area contributed by atoms with Gasteiger partial charge in [-0.1, -0.05) is 67.8 Å². The average molecular weight is 463 g/mol. The molecule has 0 unspecified atom stereocenters. The van der Waals surface area contributed by atoms with Crippen molar-refractivity contribution >= 4 is 18.0 Å². The Morgan fingerprint density at radius 3 is 2.00 bits per heavy atom. The molecule has 0 aromatic heterocycles. The van der Waals surface area contributed by atoms with Crippen LogP contribution in [-0.2, 0) is 14.3 Å². The van der Waals surface area contributed by atoms with Crippen LogP contribution in [0.2, 0.25) is 0 Å². The van der Waals surface area contributed by atoms with E-state index < -0.39 is 23.1 Å². The molecule has 5 rings (SSSR count). The van der Waals surface area contributed by atoms with Gasteiger partial charge in [0.1, 0.15) is 12.1 Å². The Morgan fingerprint density at radius 1 is 0.853 bits per heavy atom. The number of aliphatic carboxylic acids is 1. The minimum atomic E-state index is -1.01. The third-order valence-corrected chi connectivity index (χ3v) is 7.55. The van der Waals surface area contributed by atoms with Gasteiger partial charge in [-0.15, -0.1) is 0 Å². The van der Waals surface area contributed by atoms with E-state index in [1.54, 1.807) is 0 Å². The van der Waals surface area contributed by atoms with Crippen LogP contribution in [0.5, 0.6) is 0 Å². The quantitative estimate of drug-likeness (QED) is 0.567. The molecule has 0 aliphatic heterocycles. The Morgan fingerprint density at radius 2 is 1.44 bits per heavy atom. The third kappa shape index (κ3) is 4.27. The predicted molar refractivity (Wildman–Crippen MR) is 126 cm³/mol. The molecule has 3 aliphatic carbocycles. The molecule has 2 saturated carbocycles. The lowest BCUT2D eigenvalue weighted by atomic mass is 9.79. The van der Waals surface area contributed by atoms with Crippen molar-refractivity contribution in [1.29, 1.82) is 0 Å². The summed E-state index contributed by atoms with van der Waals surface area (Å²) in [5.41, 5.74) is 2.82. The first-order valence-electron chi connectivity index (χ1n) is 12.1. The number of amides is 2. The second kappa shape index (κ2) is 8.78. The normalized spacial score (nSPS) is 19.4. The number of carboxylic acid groups (broad SMARTS) is 1. The van der Waals surface area contributed by atoms with Crippen LogP contribution in [-0.4, -0.2) is 40.8 Å². The first kappa shape index (κ1) is 22.4. The standard InChI is InChI=1S/C27H30N2O5/c30-23(31)16-26(12-6-1-7-13-26)28-24(32)27(14-15-27)29-25(33)34-17-22-20-10-4-2-8-18(20)19-9-3-5-11-21(19)22/h2-5,8-11,22H,1,6-7,12-17H2,(H,28,32)(H,29,33)(H,30,31). The molecule has 3 N–H and O–H groups in total. The molecule has 0 saturated heterocycles. The van der Waals surface area contributed by atoms with Crippen LogP contribution in [0.4, 0.5) is 4.79 Å². The van der Waals surface area contributed by atoms with E-state index in [0.717, 1.165) is 41.5 Å². The lowest BCUT2D eigenvalue weighted by Gasteiger charge is -2.38. The minimum Gasteiger partial charge on any atom is -0.481 e. The number of benzene rings is 2. The highest BCUT2D eigenvalue weighted by molar-refractivity contribution is 5.93. The van der Waals surface area contributed by atoms with Crippen LogP contribution >= 0.6 is 0 Å². The predicted octanol–water partition coefficient (Wildman–Crippen LogP) is 4.35. The molecule has 0 bridgehead atoms. The first-order valence-corrected chi connectivity index (χ1v) is 12.1. The lowest BCUT2D eigenvalue weighted by Crippen LogP contribution is -2.58. The largest absolute Gasteiger partial charge is 0.481 e. The van der Waals surface area contributed by atoms with Crippen LogP contribution < -0.4 is 10.6 Å². The monoisotopic (exact) mass is 462 g/mol. The summed E-state index contributed by atoms with van der Waals surface area (Å²) in [6, 6.07) is 16.3. The summed E-state index contributed by atoms with van der Waals surface area (Å²) in [5.74, 6) is -1.27. The fraction of sp³-hybridized carbons (Fsp3) is 0.444. The molecule has 7 heteroatoms. The number of hydrogen-bond donors (Lipinski definition) is 3. The smallest absolute Gasteiger partial charge is 0.408 e. The zero-order valence-corrected chi connectivity index (χ0v) is 19.1. The summed E-state index contributed by atoms with van der Waals surface area (Å²) in [6.45, 7) is 0.181. The Bertz CT molecular complexity index is 1070. The molecule has 2 aromatic carbocycles. The van der Waals surface area contributed by atoms with Crippen molar-refractivity contribution in [1.82, 2.24) is 10.6 Å². The molecule has 0 heterocycles. The number of ether oxygens (including phenoxy) is 1. The summed E-state index contributed by atoms with van der Waals surface area (Å²) in [4.78, 5) is 37.3. The number of carbonyl (C=O) groups excluding carboxylic acids is 2. The van der Waals surface area contributed by atoms with Crippen molar-refractivity contribution in [2.45, 2.75) is 68.4 Å². The molecular formula is C27H30N2O5. The van der Waals surface area contributed by atoms with Gasteiger partial charge >= 0.3 is 12.1 Å². The number of carboxylic acids is 1. The van der Waals surface area contributed by atoms with E-state index in [1.165, 1.54) is 0 Å². The summed E-state index contributed by atoms with van der Waals surface area (Å²) < 4.78 is 5.62. The van der Waals surface area contributed by atoms with Crippen LogP contribution in [0.3, 0.4) is 0 Å². The molecule has 7 nitrogen and oxygen atoms in total. The zero-order chi connectivity index (χ0) is 23.8. The van der Waals surface area contributed by atoms with Gasteiger partial charge in [-0.3, -0.25) is 9.59 Å². The fourth-order valence-electron chi connectivity index (χ4n) is 5.59. The summed E-state index contributed by atoms with van der Waals surface area (Å²) in [6.07, 6.45) is 4.43. The van der Waals surface area contributed by atoms with Gasteiger partial charge in [0.05, 0.1) is 12.0 Å². The van der Waals surface area contributed by atoms with Gasteiger partial charge in [0, 0.05) is 5.92 Å². The molecule has 178 valence electrons. The van der Waals surface area contributed by atoms with Gasteiger partial charge in [0.25, 0.3) is 0 Å². The fourth-order valence-corrected chi connectivity index (χ4v) is 5.59. The number of rotatable bonds is 7. The van der Waals surface area contributed by atoms with E-state index in [1.807, 2.05) is 24.3 Å². The van der Waals surface area contributed by atoms with Crippen molar-refractivity contribution in [2.75, 3.05) is 6.61 Å². The van der Waals surface area contributed by atoms with Crippen molar-refractivity contribution < 1.29 is 24.2 Å². The number of nitrogens with one attached hydrogen (secondary N) is 2. The second-order valence-electron chi connectivity index (χ2n) is 9.90. The topological polar surface area (TPSA) is 105 Å². The molecule has 0 spiro atoms. The number of hydrogen-bond acceptors (Lipinski definition) is 4. The molecule has 3 aliphatic rings. The summed E-state index contributed by atoms with van der Waals surface area (Å²) >= 11 is 0. The van der Waals surface area contributed by atoms with E-state index in [2.05, 4.69) is 34.9 Å². The molecular weight excluding hydrogens is 432 g/mol. The summed E-state index contributed by atoms with van der Waals surface area (Å²) in [5, 5.41) is 15.2. The zero-order valence-electron chi connectivity index (χ0n) is 19.1. The molecule has 2 fully saturated rings. The van der Waals surface area contributed by atoms with Gasteiger partial charge in [0.2, 0.25) is 5.91 Å². The molecule has 2 amide bonds. The maximum Gasteiger partial charge on any atom is 0.408 e. The maximum atomic E-state index is 13.1. The number of carbonyl (C=O) groups is 3. The number of alkyl carbamates (subject to hydrolysis) is 1. The number of fused-ring (bicyclic) bond motifs is 3. The summed E-state index contributed by atoms with van der Waals surface area (Å²) in [7, 11) is 0. The van der Waals surface area contributed by atoms with E-state index in [0.29, 0.717) is 25.7 Å². The van der Waals surface area contributed by atoms with Crippen LogP contribution in [0.15, 0.2) is 48.5 Å². The molecule has 34 heavy (non-hydrogen) atoms. The van der Waals surface area contributed by atoms with Crippen molar-refractivity contribution in [2.24, 2.45) is 0 Å². The highest BCUT2D eigenvalue weighted by Crippen LogP contribution is 2.44. The minimum absolute atomic E-state index is 0.0526. The Labute approximate surface area is 198 Å². The highest BCUT2D eigenvalue weighted by Gasteiger charge is 2.53. The van der Waals surface area contributed by atoms with E-state index in [4.69, 9.17) is 4.74 Å².